The average Bonchev–Trinajstić information content (AvgIpc) is 2.43. The number of hydrogen-bond donors (Lipinski definition) is 4. The number of hydrogen-bond acceptors (Lipinski definition) is 3. The molecular formula is C10H17N3O4. The highest BCUT2D eigenvalue weighted by molar-refractivity contribution is 5.90. The largest absolute Gasteiger partial charge is 0.465 e. The van der Waals surface area contributed by atoms with Crippen molar-refractivity contribution in [1.82, 2.24) is 16.0 Å². The molecule has 0 saturated carbocycles. The summed E-state index contributed by atoms with van der Waals surface area (Å²) in [6.45, 7) is 2.05. The Labute approximate surface area is 98.9 Å². The zero-order valence-electron chi connectivity index (χ0n) is 9.66. The third kappa shape index (κ3) is 4.29. The fourth-order valence-electron chi connectivity index (χ4n) is 1.62. The highest BCUT2D eigenvalue weighted by Crippen LogP contribution is 2.05. The van der Waals surface area contributed by atoms with Crippen LogP contribution in [0.15, 0.2) is 0 Å². The van der Waals surface area contributed by atoms with Gasteiger partial charge in [0.2, 0.25) is 11.8 Å². The maximum absolute atomic E-state index is 11.6. The van der Waals surface area contributed by atoms with Crippen LogP contribution in [0.3, 0.4) is 0 Å². The van der Waals surface area contributed by atoms with E-state index in [-0.39, 0.29) is 5.91 Å². The van der Waals surface area contributed by atoms with Crippen LogP contribution in [0.25, 0.3) is 0 Å². The lowest BCUT2D eigenvalue weighted by Crippen LogP contribution is -2.52. The van der Waals surface area contributed by atoms with Gasteiger partial charge in [-0.15, -0.1) is 0 Å². The van der Waals surface area contributed by atoms with Gasteiger partial charge in [0.25, 0.3) is 0 Å². The van der Waals surface area contributed by atoms with Crippen LogP contribution in [0, 0.1) is 0 Å². The summed E-state index contributed by atoms with van der Waals surface area (Å²) >= 11 is 0. The predicted molar refractivity (Wildman–Crippen MR) is 59.4 cm³/mol. The van der Waals surface area contributed by atoms with Crippen molar-refractivity contribution in [2.75, 3.05) is 6.54 Å². The van der Waals surface area contributed by atoms with Gasteiger partial charge in [0, 0.05) is 6.54 Å². The van der Waals surface area contributed by atoms with Crippen molar-refractivity contribution >= 4 is 17.9 Å². The first kappa shape index (κ1) is 13.3. The summed E-state index contributed by atoms with van der Waals surface area (Å²) in [6, 6.07) is -1.44. The molecule has 1 aliphatic heterocycles. The highest BCUT2D eigenvalue weighted by Gasteiger charge is 2.24. The molecule has 0 radical (unpaired) electrons. The van der Waals surface area contributed by atoms with Crippen LogP contribution < -0.4 is 16.0 Å². The van der Waals surface area contributed by atoms with E-state index in [2.05, 4.69) is 10.6 Å². The first-order valence-electron chi connectivity index (χ1n) is 5.58. The lowest BCUT2D eigenvalue weighted by Gasteiger charge is -2.18. The molecule has 0 bridgehead atoms. The van der Waals surface area contributed by atoms with Gasteiger partial charge in [0.15, 0.2) is 0 Å². The molecule has 0 aromatic rings. The Kier molecular flexibility index (Phi) is 4.74. The first-order valence-corrected chi connectivity index (χ1v) is 5.58. The van der Waals surface area contributed by atoms with Crippen molar-refractivity contribution in [3.05, 3.63) is 0 Å². The van der Waals surface area contributed by atoms with E-state index in [9.17, 15) is 14.4 Å². The molecule has 0 spiro atoms. The normalized spacial score (nSPS) is 21.9. The van der Waals surface area contributed by atoms with Crippen LogP contribution in [-0.4, -0.2) is 41.6 Å². The number of amides is 3. The number of nitrogens with one attached hydrogen (secondary N) is 3. The molecule has 7 nitrogen and oxygen atoms in total. The van der Waals surface area contributed by atoms with Gasteiger partial charge in [-0.3, -0.25) is 9.59 Å². The number of carbonyl (C=O) groups excluding carboxylic acids is 2. The second-order valence-corrected chi connectivity index (χ2v) is 4.02. The van der Waals surface area contributed by atoms with Gasteiger partial charge in [-0.2, -0.15) is 0 Å². The molecule has 1 heterocycles. The van der Waals surface area contributed by atoms with Crippen molar-refractivity contribution < 1.29 is 19.5 Å². The summed E-state index contributed by atoms with van der Waals surface area (Å²) in [5, 5.41) is 15.7. The maximum Gasteiger partial charge on any atom is 0.405 e. The van der Waals surface area contributed by atoms with Gasteiger partial charge in [0.1, 0.15) is 12.1 Å². The van der Waals surface area contributed by atoms with Gasteiger partial charge >= 0.3 is 6.09 Å². The highest BCUT2D eigenvalue weighted by atomic mass is 16.4. The van der Waals surface area contributed by atoms with Crippen molar-refractivity contribution in [2.45, 2.75) is 38.3 Å². The molecule has 1 saturated heterocycles. The third-order valence-electron chi connectivity index (χ3n) is 2.59. The monoisotopic (exact) mass is 243 g/mol. The van der Waals surface area contributed by atoms with Gasteiger partial charge < -0.3 is 21.1 Å². The van der Waals surface area contributed by atoms with E-state index in [1.165, 1.54) is 6.92 Å². The van der Waals surface area contributed by atoms with Gasteiger partial charge in [-0.1, -0.05) is 0 Å². The summed E-state index contributed by atoms with van der Waals surface area (Å²) in [5.41, 5.74) is 0. The van der Waals surface area contributed by atoms with Crippen molar-refractivity contribution in [3.8, 4) is 0 Å². The van der Waals surface area contributed by atoms with Crippen LogP contribution in [0.4, 0.5) is 4.79 Å². The molecule has 1 unspecified atom stereocenters. The molecule has 1 fully saturated rings. The Bertz CT molecular complexity index is 319. The summed E-state index contributed by atoms with van der Waals surface area (Å²) in [7, 11) is 0. The second kappa shape index (κ2) is 6.07. The van der Waals surface area contributed by atoms with Crippen molar-refractivity contribution in [1.29, 1.82) is 0 Å². The molecule has 1 rings (SSSR count). The van der Waals surface area contributed by atoms with E-state index >= 15 is 0 Å². The molecule has 4 N–H and O–H groups in total. The summed E-state index contributed by atoms with van der Waals surface area (Å²) in [6.07, 6.45) is 1.06. The predicted octanol–water partition coefficient (Wildman–Crippen LogP) is -0.573. The molecule has 1 aliphatic rings. The molecule has 17 heavy (non-hydrogen) atoms. The maximum atomic E-state index is 11.6. The van der Waals surface area contributed by atoms with Crippen LogP contribution in [-0.2, 0) is 9.59 Å². The lowest BCUT2D eigenvalue weighted by molar-refractivity contribution is -0.129. The van der Waals surface area contributed by atoms with E-state index in [1.54, 1.807) is 0 Å². The average molecular weight is 243 g/mol. The SMILES string of the molecule is CC(NC(=O)O)C(=O)N[C@H]1CCCCNC1=O. The molecular weight excluding hydrogens is 226 g/mol. The van der Waals surface area contributed by atoms with Gasteiger partial charge in [-0.05, 0) is 26.2 Å². The number of rotatable bonds is 3. The van der Waals surface area contributed by atoms with Crippen LogP contribution in [0.5, 0.6) is 0 Å². The molecule has 7 heteroatoms. The van der Waals surface area contributed by atoms with E-state index in [1.807, 2.05) is 5.32 Å². The van der Waals surface area contributed by atoms with Gasteiger partial charge in [-0.25, -0.2) is 4.79 Å². The minimum absolute atomic E-state index is 0.210. The first-order chi connectivity index (χ1) is 8.00. The molecule has 0 aliphatic carbocycles. The topological polar surface area (TPSA) is 108 Å². The zero-order chi connectivity index (χ0) is 12.8. The summed E-state index contributed by atoms with van der Waals surface area (Å²) in [4.78, 5) is 33.5. The van der Waals surface area contributed by atoms with Gasteiger partial charge in [0.05, 0.1) is 0 Å². The smallest absolute Gasteiger partial charge is 0.405 e. The van der Waals surface area contributed by atoms with Crippen LogP contribution in [0.2, 0.25) is 0 Å². The number of carboxylic acid groups (broad SMARTS) is 1. The Balaban J connectivity index is 2.48. The minimum atomic E-state index is -1.27. The fourth-order valence-corrected chi connectivity index (χ4v) is 1.62. The summed E-state index contributed by atoms with van der Waals surface area (Å²) in [5.74, 6) is -0.701. The molecule has 96 valence electrons. The third-order valence-corrected chi connectivity index (χ3v) is 2.59. The minimum Gasteiger partial charge on any atom is -0.465 e. The van der Waals surface area contributed by atoms with E-state index in [0.29, 0.717) is 13.0 Å². The lowest BCUT2D eigenvalue weighted by atomic mass is 10.1. The van der Waals surface area contributed by atoms with Crippen LogP contribution in [0.1, 0.15) is 26.2 Å². The Morgan fingerprint density at radius 3 is 2.82 bits per heavy atom. The fraction of sp³-hybridized carbons (Fsp3) is 0.700. The van der Waals surface area contributed by atoms with E-state index in [0.717, 1.165) is 12.8 Å². The van der Waals surface area contributed by atoms with Crippen molar-refractivity contribution in [3.63, 3.8) is 0 Å². The number of carbonyl (C=O) groups is 3. The van der Waals surface area contributed by atoms with Crippen LogP contribution >= 0.6 is 0 Å². The standard InChI is InChI=1S/C10H17N3O4/c1-6(12-10(16)17)8(14)13-7-4-2-3-5-11-9(7)15/h6-7,12H,2-5H2,1H3,(H,11,15)(H,13,14)(H,16,17)/t6?,7-/m0/s1. The summed E-state index contributed by atoms with van der Waals surface area (Å²) < 4.78 is 0. The Morgan fingerprint density at radius 2 is 2.18 bits per heavy atom. The molecule has 2 atom stereocenters. The Morgan fingerprint density at radius 1 is 1.47 bits per heavy atom. The van der Waals surface area contributed by atoms with E-state index in [4.69, 9.17) is 5.11 Å². The zero-order valence-corrected chi connectivity index (χ0v) is 9.66. The Hall–Kier alpha value is -1.79. The van der Waals surface area contributed by atoms with E-state index < -0.39 is 24.1 Å². The molecule has 3 amide bonds. The quantitative estimate of drug-likeness (QED) is 0.532. The van der Waals surface area contributed by atoms with Crippen molar-refractivity contribution in [2.24, 2.45) is 0 Å². The molecule has 0 aromatic heterocycles. The molecule has 0 aromatic carbocycles. The second-order valence-electron chi connectivity index (χ2n) is 4.02.